The van der Waals surface area contributed by atoms with Crippen molar-refractivity contribution in [2.75, 3.05) is 0 Å². The van der Waals surface area contributed by atoms with E-state index in [1.165, 1.54) is 0 Å². The Bertz CT molecular complexity index is 24.7. The molecule has 0 saturated heterocycles. The molecule has 0 spiro atoms. The Morgan fingerprint density at radius 2 is 0.625 bits per heavy atom. The molecule has 0 bridgehead atoms. The molecule has 23 N–H and O–H groups in total. The topological polar surface area (TPSA) is 385 Å². The van der Waals surface area contributed by atoms with Crippen molar-refractivity contribution in [3.05, 3.63) is 0 Å². The number of rotatable bonds is 1. The van der Waals surface area contributed by atoms with Crippen LogP contribution in [0.5, 0.6) is 0 Å². The van der Waals surface area contributed by atoms with E-state index in [2.05, 4.69) is 4.81 Å². The van der Waals surface area contributed by atoms with Crippen molar-refractivity contribution in [3.63, 3.8) is 0 Å². The van der Waals surface area contributed by atoms with Crippen molar-refractivity contribution in [1.82, 2.24) is 0 Å². The van der Waals surface area contributed by atoms with Gasteiger partial charge in [0, 0.05) is 0 Å². The van der Waals surface area contributed by atoms with E-state index in [0.717, 1.165) is 0 Å². The van der Waals surface area contributed by atoms with Gasteiger partial charge in [0.2, 0.25) is 0 Å². The molecule has 112 valence electrons. The third-order valence-electron chi connectivity index (χ3n) is 0.0943. The normalized spacial score (nSPS) is 2.44. The second-order valence-corrected chi connectivity index (χ2v) is 0.432. The zero-order chi connectivity index (χ0) is 4.28. The Hall–Kier alpha value is 0.505. The summed E-state index contributed by atoms with van der Waals surface area (Å²) in [5.41, 5.74) is 0. The van der Waals surface area contributed by atoms with Crippen LogP contribution in [0.2, 0.25) is 0 Å². The molecule has 0 aromatic heterocycles. The fourth-order valence-corrected chi connectivity index (χ4v) is 0. The van der Waals surface area contributed by atoms with Gasteiger partial charge < -0.3 is 64.8 Å². The molecule has 0 saturated carbocycles. The van der Waals surface area contributed by atoms with Crippen molar-refractivity contribution in [2.45, 2.75) is 0 Å². The van der Waals surface area contributed by atoms with Gasteiger partial charge in [-0.15, -0.1) is 0 Å². The molecule has 0 fully saturated rings. The second kappa shape index (κ2) is 161. The molecule has 0 aromatic rings. The monoisotopic (exact) mass is 282 g/mol. The quantitative estimate of drug-likeness (QED) is 0.239. The fraction of sp³-hybridized carbons (Fsp3) is 0. The third-order valence-corrected chi connectivity index (χ3v) is 0.0943. The Labute approximate surface area is 112 Å². The van der Waals surface area contributed by atoms with Gasteiger partial charge in [-0.05, 0) is 0 Å². The molecule has 0 aromatic carbocycles. The van der Waals surface area contributed by atoms with E-state index in [4.69, 9.17) is 15.3 Å². The van der Waals surface area contributed by atoms with Crippen LogP contribution in [0.15, 0.2) is 0 Å². The van der Waals surface area contributed by atoms with Crippen LogP contribution in [-0.4, -0.2) is 107 Å². The van der Waals surface area contributed by atoms with Crippen LogP contribution in [0, 0.1) is 0 Å². The average Bonchev–Trinajstić information content (AvgIpc) is 1.38. The summed E-state index contributed by atoms with van der Waals surface area (Å²) in [4.78, 5) is 2.86. The summed E-state index contributed by atoms with van der Waals surface area (Å²) in [6.07, 6.45) is 0. The van der Waals surface area contributed by atoms with E-state index < -0.39 is 7.32 Å². The molecule has 0 rings (SSSR count). The Morgan fingerprint density at radius 3 is 0.625 bits per heavy atom. The van der Waals surface area contributed by atoms with Crippen LogP contribution in [-0.2, 0) is 4.81 Å². The number of hydrogen-bond donors (Lipinski definition) is 3. The van der Waals surface area contributed by atoms with Crippen LogP contribution < -0.4 is 0 Å². The molecular weight excluding hydrogens is 258 g/mol. The standard InChI is InChI=1S/BH3O4.Na.10H2O.H/c2-1(3)5-4;;;;;;;;;;;;/h2-4H;;10*1H2;. The van der Waals surface area contributed by atoms with Crippen molar-refractivity contribution in [1.29, 1.82) is 0 Å². The van der Waals surface area contributed by atoms with E-state index in [0.29, 0.717) is 0 Å². The van der Waals surface area contributed by atoms with Gasteiger partial charge >= 0.3 is 36.9 Å². The average molecular weight is 282 g/mol. The van der Waals surface area contributed by atoms with Crippen molar-refractivity contribution in [3.8, 4) is 0 Å². The fourth-order valence-electron chi connectivity index (χ4n) is 0. The van der Waals surface area contributed by atoms with E-state index in [-0.39, 0.29) is 84.3 Å². The summed E-state index contributed by atoms with van der Waals surface area (Å²) in [6.45, 7) is 0. The van der Waals surface area contributed by atoms with Crippen molar-refractivity contribution >= 4 is 36.9 Å². The summed E-state index contributed by atoms with van der Waals surface area (Å²) in [5, 5.41) is 22.0. The van der Waals surface area contributed by atoms with Gasteiger partial charge in [-0.3, -0.25) is 5.26 Å². The summed E-state index contributed by atoms with van der Waals surface area (Å²) in [5.74, 6) is 0. The molecule has 16 heavy (non-hydrogen) atoms. The predicted octanol–water partition coefficient (Wildman–Crippen LogP) is -10.4. The molecule has 14 nitrogen and oxygen atoms in total. The molecule has 0 aliphatic heterocycles. The molecule has 0 radical (unpaired) electrons. The molecule has 0 aliphatic carbocycles. The first-order chi connectivity index (χ1) is 2.27. The van der Waals surface area contributed by atoms with Crippen molar-refractivity contribution < 1.29 is 74.9 Å². The van der Waals surface area contributed by atoms with Gasteiger partial charge in [0.1, 0.15) is 0 Å². The predicted molar refractivity (Wildman–Crippen MR) is 57.2 cm³/mol. The summed E-state index contributed by atoms with van der Waals surface area (Å²) >= 11 is 0. The first-order valence-electron chi connectivity index (χ1n) is 0.935. The van der Waals surface area contributed by atoms with Gasteiger partial charge in [0.05, 0.1) is 0 Å². The molecule has 0 heterocycles. The first-order valence-corrected chi connectivity index (χ1v) is 0.935. The van der Waals surface area contributed by atoms with Crippen LogP contribution >= 0.6 is 0 Å². The van der Waals surface area contributed by atoms with E-state index in [9.17, 15) is 0 Å². The SMILES string of the molecule is O.O.O.O.O.O.O.O.O.O.OOB(O)O.[NaH]. The Kier molecular flexibility index (Phi) is 1960. The number of hydrogen-bond acceptors (Lipinski definition) is 4. The van der Waals surface area contributed by atoms with Crippen molar-refractivity contribution in [2.24, 2.45) is 0 Å². The molecule has 0 atom stereocenters. The van der Waals surface area contributed by atoms with Gasteiger partial charge in [-0.2, -0.15) is 0 Å². The Morgan fingerprint density at radius 1 is 0.562 bits per heavy atom. The molecule has 0 unspecified atom stereocenters. The minimum absolute atomic E-state index is 0. The van der Waals surface area contributed by atoms with Gasteiger partial charge in [-0.25, -0.2) is 4.81 Å². The molecular formula is H24BNaO14. The second-order valence-electron chi connectivity index (χ2n) is 0.432. The molecule has 0 amide bonds. The van der Waals surface area contributed by atoms with Crippen LogP contribution in [0.25, 0.3) is 0 Å². The van der Waals surface area contributed by atoms with Crippen LogP contribution in [0.4, 0.5) is 0 Å². The first kappa shape index (κ1) is 196. The minimum atomic E-state index is -2.06. The molecule has 16 heteroatoms. The Balaban J connectivity index is -0.00000000145. The maximum absolute atomic E-state index is 7.44. The van der Waals surface area contributed by atoms with E-state index >= 15 is 0 Å². The summed E-state index contributed by atoms with van der Waals surface area (Å²) in [7, 11) is -2.06. The van der Waals surface area contributed by atoms with E-state index in [1.807, 2.05) is 0 Å². The third kappa shape index (κ3) is 422. The van der Waals surface area contributed by atoms with Gasteiger partial charge in [0.15, 0.2) is 0 Å². The van der Waals surface area contributed by atoms with E-state index in [1.54, 1.807) is 0 Å². The summed E-state index contributed by atoms with van der Waals surface area (Å²) in [6, 6.07) is 0. The van der Waals surface area contributed by atoms with Gasteiger partial charge in [-0.1, -0.05) is 0 Å². The summed E-state index contributed by atoms with van der Waals surface area (Å²) < 4.78 is 0. The van der Waals surface area contributed by atoms with Crippen LogP contribution in [0.1, 0.15) is 0 Å². The zero-order valence-corrected chi connectivity index (χ0v) is 7.33. The molecule has 0 aliphatic rings. The zero-order valence-electron chi connectivity index (χ0n) is 7.33. The van der Waals surface area contributed by atoms with Crippen LogP contribution in [0.3, 0.4) is 0 Å². The van der Waals surface area contributed by atoms with Gasteiger partial charge in [0.25, 0.3) is 0 Å². The maximum atomic E-state index is 7.44.